The Hall–Kier alpha value is -2.14. The van der Waals surface area contributed by atoms with Crippen molar-refractivity contribution in [3.63, 3.8) is 0 Å². The molecule has 5 heteroatoms. The largest absolute Gasteiger partial charge is 0.456 e. The van der Waals surface area contributed by atoms with E-state index in [0.29, 0.717) is 27.2 Å². The molecule has 20 heavy (non-hydrogen) atoms. The Kier molecular flexibility index (Phi) is 3.28. The van der Waals surface area contributed by atoms with E-state index in [1.807, 2.05) is 12.1 Å². The topological polar surface area (TPSA) is 48.1 Å². The molecule has 0 aliphatic rings. The lowest BCUT2D eigenvalue weighted by Crippen LogP contribution is -1.92. The molecular formula is C15H10BrFN2O. The third-order valence-electron chi connectivity index (χ3n) is 2.88. The standard InChI is InChI=1S/C15H10BrFN2O/c16-11-5-4-9(8-12(11)17)20-14-6-7-19-15-10(14)2-1-3-13(15)18/h1-8H,18H2. The van der Waals surface area contributed by atoms with Gasteiger partial charge in [-0.3, -0.25) is 4.98 Å². The van der Waals surface area contributed by atoms with Crippen molar-refractivity contribution in [1.29, 1.82) is 0 Å². The Morgan fingerprint density at radius 2 is 2.00 bits per heavy atom. The minimum absolute atomic E-state index is 0.375. The van der Waals surface area contributed by atoms with Gasteiger partial charge in [0.05, 0.1) is 15.7 Å². The number of rotatable bonds is 2. The van der Waals surface area contributed by atoms with Crippen molar-refractivity contribution in [3.05, 3.63) is 59.0 Å². The highest BCUT2D eigenvalue weighted by Gasteiger charge is 2.08. The summed E-state index contributed by atoms with van der Waals surface area (Å²) in [5.41, 5.74) is 7.13. The van der Waals surface area contributed by atoms with Crippen LogP contribution in [0.3, 0.4) is 0 Å². The first-order valence-corrected chi connectivity index (χ1v) is 6.70. The first-order valence-electron chi connectivity index (χ1n) is 5.91. The third-order valence-corrected chi connectivity index (χ3v) is 3.52. The van der Waals surface area contributed by atoms with Crippen LogP contribution in [0.15, 0.2) is 53.1 Å². The molecule has 2 aromatic carbocycles. The zero-order chi connectivity index (χ0) is 14.1. The molecule has 0 saturated carbocycles. The number of halogens is 2. The van der Waals surface area contributed by atoms with E-state index in [9.17, 15) is 4.39 Å². The van der Waals surface area contributed by atoms with Crippen LogP contribution < -0.4 is 10.5 Å². The monoisotopic (exact) mass is 332 g/mol. The van der Waals surface area contributed by atoms with Gasteiger partial charge in [-0.25, -0.2) is 4.39 Å². The number of para-hydroxylation sites is 1. The molecule has 3 aromatic rings. The molecule has 0 fully saturated rings. The summed E-state index contributed by atoms with van der Waals surface area (Å²) in [5, 5.41) is 0.788. The summed E-state index contributed by atoms with van der Waals surface area (Å²) in [7, 11) is 0. The molecule has 3 rings (SSSR count). The van der Waals surface area contributed by atoms with Crippen molar-refractivity contribution < 1.29 is 9.13 Å². The summed E-state index contributed by atoms with van der Waals surface area (Å²) in [4.78, 5) is 4.23. The minimum Gasteiger partial charge on any atom is -0.456 e. The molecule has 0 aliphatic carbocycles. The molecule has 0 aliphatic heterocycles. The summed E-state index contributed by atoms with van der Waals surface area (Å²) in [5.74, 6) is 0.630. The van der Waals surface area contributed by atoms with Gasteiger partial charge in [0.1, 0.15) is 17.3 Å². The van der Waals surface area contributed by atoms with Gasteiger partial charge >= 0.3 is 0 Å². The Balaban J connectivity index is 2.06. The number of anilines is 1. The van der Waals surface area contributed by atoms with E-state index in [4.69, 9.17) is 10.5 Å². The lowest BCUT2D eigenvalue weighted by molar-refractivity contribution is 0.481. The molecule has 0 amide bonds. The Morgan fingerprint density at radius 1 is 1.15 bits per heavy atom. The Bertz CT molecular complexity index is 792. The highest BCUT2D eigenvalue weighted by atomic mass is 79.9. The predicted molar refractivity (Wildman–Crippen MR) is 80.3 cm³/mol. The second kappa shape index (κ2) is 5.09. The summed E-state index contributed by atoms with van der Waals surface area (Å²) in [6.07, 6.45) is 1.61. The van der Waals surface area contributed by atoms with E-state index in [1.165, 1.54) is 6.07 Å². The number of pyridine rings is 1. The fraction of sp³-hybridized carbons (Fsp3) is 0. The molecule has 0 bridgehead atoms. The quantitative estimate of drug-likeness (QED) is 0.702. The molecular weight excluding hydrogens is 323 g/mol. The van der Waals surface area contributed by atoms with E-state index in [1.54, 1.807) is 30.5 Å². The predicted octanol–water partition coefficient (Wildman–Crippen LogP) is 4.51. The summed E-state index contributed by atoms with van der Waals surface area (Å²) in [6, 6.07) is 11.8. The average molecular weight is 333 g/mol. The van der Waals surface area contributed by atoms with Crippen LogP contribution in [0.5, 0.6) is 11.5 Å². The van der Waals surface area contributed by atoms with Gasteiger partial charge in [-0.15, -0.1) is 0 Å². The Labute approximate surface area is 123 Å². The van der Waals surface area contributed by atoms with Crippen LogP contribution in [0.4, 0.5) is 10.1 Å². The summed E-state index contributed by atoms with van der Waals surface area (Å²) in [6.45, 7) is 0. The highest BCUT2D eigenvalue weighted by Crippen LogP contribution is 2.32. The molecule has 0 saturated heterocycles. The van der Waals surface area contributed by atoms with E-state index in [0.717, 1.165) is 5.39 Å². The number of hydrogen-bond donors (Lipinski definition) is 1. The molecule has 0 unspecified atom stereocenters. The maximum absolute atomic E-state index is 13.5. The number of hydrogen-bond acceptors (Lipinski definition) is 3. The highest BCUT2D eigenvalue weighted by molar-refractivity contribution is 9.10. The molecule has 1 aromatic heterocycles. The normalized spacial score (nSPS) is 10.7. The fourth-order valence-corrected chi connectivity index (χ4v) is 2.18. The van der Waals surface area contributed by atoms with Crippen LogP contribution in [0.25, 0.3) is 10.9 Å². The van der Waals surface area contributed by atoms with Gasteiger partial charge in [-0.1, -0.05) is 6.07 Å². The zero-order valence-corrected chi connectivity index (χ0v) is 11.9. The number of nitrogens with zero attached hydrogens (tertiary/aromatic N) is 1. The van der Waals surface area contributed by atoms with Crippen molar-refractivity contribution in [2.24, 2.45) is 0 Å². The van der Waals surface area contributed by atoms with Crippen LogP contribution in [0, 0.1) is 5.82 Å². The van der Waals surface area contributed by atoms with Crippen molar-refractivity contribution >= 4 is 32.5 Å². The van der Waals surface area contributed by atoms with Gasteiger partial charge in [0.25, 0.3) is 0 Å². The van der Waals surface area contributed by atoms with Crippen LogP contribution in [0.2, 0.25) is 0 Å². The smallest absolute Gasteiger partial charge is 0.141 e. The van der Waals surface area contributed by atoms with E-state index >= 15 is 0 Å². The lowest BCUT2D eigenvalue weighted by atomic mass is 10.2. The summed E-state index contributed by atoms with van der Waals surface area (Å²) < 4.78 is 19.6. The van der Waals surface area contributed by atoms with Gasteiger partial charge in [0.15, 0.2) is 0 Å². The Morgan fingerprint density at radius 3 is 2.80 bits per heavy atom. The SMILES string of the molecule is Nc1cccc2c(Oc3ccc(Br)c(F)c3)ccnc12. The maximum Gasteiger partial charge on any atom is 0.141 e. The molecule has 2 N–H and O–H groups in total. The van der Waals surface area contributed by atoms with Gasteiger partial charge in [0.2, 0.25) is 0 Å². The first-order chi connectivity index (χ1) is 9.65. The number of benzene rings is 2. The number of nitrogens with two attached hydrogens (primary N) is 1. The molecule has 0 radical (unpaired) electrons. The molecule has 1 heterocycles. The molecule has 0 atom stereocenters. The second-order valence-corrected chi connectivity index (χ2v) is 5.08. The van der Waals surface area contributed by atoms with Crippen molar-refractivity contribution in [2.75, 3.05) is 5.73 Å². The fourth-order valence-electron chi connectivity index (χ4n) is 1.93. The average Bonchev–Trinajstić information content (AvgIpc) is 2.44. The van der Waals surface area contributed by atoms with Crippen LogP contribution in [0.1, 0.15) is 0 Å². The van der Waals surface area contributed by atoms with Crippen molar-refractivity contribution in [3.8, 4) is 11.5 Å². The number of fused-ring (bicyclic) bond motifs is 1. The van der Waals surface area contributed by atoms with Gasteiger partial charge in [0, 0.05) is 17.6 Å². The van der Waals surface area contributed by atoms with Crippen molar-refractivity contribution in [2.45, 2.75) is 0 Å². The van der Waals surface area contributed by atoms with Gasteiger partial charge in [-0.05, 0) is 46.3 Å². The zero-order valence-electron chi connectivity index (χ0n) is 10.3. The van der Waals surface area contributed by atoms with E-state index < -0.39 is 0 Å². The maximum atomic E-state index is 13.5. The number of ether oxygens (including phenoxy) is 1. The van der Waals surface area contributed by atoms with E-state index in [2.05, 4.69) is 20.9 Å². The third kappa shape index (κ3) is 2.32. The molecule has 0 spiro atoms. The number of aromatic nitrogens is 1. The number of nitrogen functional groups attached to an aromatic ring is 1. The second-order valence-electron chi connectivity index (χ2n) is 4.23. The van der Waals surface area contributed by atoms with E-state index in [-0.39, 0.29) is 5.82 Å². The lowest BCUT2D eigenvalue weighted by Gasteiger charge is -2.09. The first kappa shape index (κ1) is 12.9. The summed E-state index contributed by atoms with van der Waals surface area (Å²) >= 11 is 3.11. The van der Waals surface area contributed by atoms with Crippen LogP contribution >= 0.6 is 15.9 Å². The van der Waals surface area contributed by atoms with Gasteiger partial charge < -0.3 is 10.5 Å². The molecule has 100 valence electrons. The minimum atomic E-state index is -0.375. The van der Waals surface area contributed by atoms with Crippen molar-refractivity contribution in [1.82, 2.24) is 4.98 Å². The molecule has 3 nitrogen and oxygen atoms in total. The van der Waals surface area contributed by atoms with Gasteiger partial charge in [-0.2, -0.15) is 0 Å². The van der Waals surface area contributed by atoms with Crippen LogP contribution in [-0.4, -0.2) is 4.98 Å². The van der Waals surface area contributed by atoms with Crippen LogP contribution in [-0.2, 0) is 0 Å².